The van der Waals surface area contributed by atoms with Crippen LogP contribution in [0.5, 0.6) is 0 Å². The third-order valence-electron chi connectivity index (χ3n) is 0. The average molecular weight is 384 g/mol. The molecule has 12 N–H and O–H groups in total. The first kappa shape index (κ1) is 64.3. The molecule has 0 aliphatic rings. The van der Waals surface area contributed by atoms with Gasteiger partial charge in [-0.25, -0.2) is 0 Å². The van der Waals surface area contributed by atoms with Gasteiger partial charge in [-0.05, 0) is 0 Å². The van der Waals surface area contributed by atoms with Crippen molar-refractivity contribution in [2.24, 2.45) is 0 Å². The Morgan fingerprint density at radius 2 is 0.240 bits per heavy atom. The van der Waals surface area contributed by atoms with Gasteiger partial charge < -0.3 is 103 Å². The van der Waals surface area contributed by atoms with Crippen molar-refractivity contribution in [3.63, 3.8) is 0 Å². The molecule has 0 aliphatic heterocycles. The van der Waals surface area contributed by atoms with Gasteiger partial charge >= 0.3 is 0 Å². The summed E-state index contributed by atoms with van der Waals surface area (Å²) in [4.78, 5) is 0. The van der Waals surface area contributed by atoms with Gasteiger partial charge in [0.15, 0.2) is 0 Å². The Labute approximate surface area is 141 Å². The fraction of sp³-hybridized carbons (Fsp3) is 0. The highest BCUT2D eigenvalue weighted by Crippen LogP contribution is 1.01. The highest BCUT2D eigenvalue weighted by Gasteiger charge is 1.18. The molecule has 0 aromatic carbocycles. The molecule has 0 amide bonds. The van der Waals surface area contributed by atoms with E-state index >= 15 is 0 Å². The van der Waals surface area contributed by atoms with Crippen molar-refractivity contribution in [3.8, 4) is 0 Å². The molecule has 0 aromatic heterocycles. The molecule has 0 saturated carbocycles. The molecule has 0 saturated heterocycles. The average Bonchev–Trinajstić information content (AvgIpc) is 1.94. The zero-order valence-electron chi connectivity index (χ0n) is 12.0. The first-order chi connectivity index (χ1) is 8.66. The van der Waals surface area contributed by atoms with Gasteiger partial charge in [-0.15, -0.1) is 0 Å². The Bertz CT molecular complexity index is 82.4. The van der Waals surface area contributed by atoms with Crippen LogP contribution in [0.15, 0.2) is 0 Å². The summed E-state index contributed by atoms with van der Waals surface area (Å²) in [6, 6.07) is 0. The van der Waals surface area contributed by atoms with E-state index in [1.54, 1.807) is 0 Å². The molecule has 25 heteroatoms. The molecular weight excluding hydrogens is 372 g/mol. The summed E-state index contributed by atoms with van der Waals surface area (Å²) in [6.45, 7) is 0. The van der Waals surface area contributed by atoms with Gasteiger partial charge in [0.05, 0.1) is 0 Å². The Hall–Kier alpha value is -0.475. The quantitative estimate of drug-likeness (QED) is 0.378. The van der Waals surface area contributed by atoms with Crippen LogP contribution in [0, 0.1) is 0 Å². The second kappa shape index (κ2) is 56.6. The molecule has 160 valence electrons. The Morgan fingerprint density at radius 1 is 0.240 bits per heavy atom. The minimum Gasteiger partial charge on any atom is -0.907 e. The summed E-state index contributed by atoms with van der Waals surface area (Å²) < 4.78 is 0. The zero-order chi connectivity index (χ0) is 17.9. The van der Waals surface area contributed by atoms with E-state index in [1.165, 1.54) is 0 Å². The molecule has 0 radical (unpaired) electrons. The van der Waals surface area contributed by atoms with Crippen molar-refractivity contribution in [1.82, 2.24) is 6.15 Å². The maximum Gasteiger partial charge on any atom is -0.278 e. The summed E-state index contributed by atoms with van der Waals surface area (Å²) >= 11 is 0. The van der Waals surface area contributed by atoms with Crippen LogP contribution in [0.4, 0.5) is 0 Å². The Kier molecular flexibility index (Phi) is 146. The lowest BCUT2D eigenvalue weighted by Gasteiger charge is -2.35. The zero-order valence-corrected chi connectivity index (χ0v) is 12.0. The van der Waals surface area contributed by atoms with Gasteiger partial charge in [-0.3, -0.25) is 36.6 Å². The lowest BCUT2D eigenvalue weighted by molar-refractivity contribution is -0.481. The largest absolute Gasteiger partial charge is 0.907 e. The van der Waals surface area contributed by atoms with Crippen LogP contribution in [0.2, 0.25) is 0 Å². The van der Waals surface area contributed by atoms with Crippen LogP contribution >= 0.6 is 0 Å². The maximum absolute atomic E-state index is 8.42. The predicted molar refractivity (Wildman–Crippen MR) is 49.2 cm³/mol. The van der Waals surface area contributed by atoms with Gasteiger partial charge in [-0.1, -0.05) is 0 Å². The van der Waals surface area contributed by atoms with E-state index in [4.69, 9.17) is 75.4 Å². The summed E-state index contributed by atoms with van der Waals surface area (Å²) in [5, 5.41) is 126. The molecule has 0 bridgehead atoms. The topological polar surface area (TPSA) is 508 Å². The van der Waals surface area contributed by atoms with Gasteiger partial charge in [0, 0.05) is 0 Å². The van der Waals surface area contributed by atoms with Crippen molar-refractivity contribution in [2.45, 2.75) is 0 Å². The van der Waals surface area contributed by atoms with Crippen LogP contribution < -0.4 is 81.5 Å². The molecule has 25 heavy (non-hydrogen) atoms. The monoisotopic (exact) mass is 385 g/mol. The minimum atomic E-state index is -2.92. The van der Waals surface area contributed by atoms with Crippen molar-refractivity contribution < 1.29 is 97.3 Å². The van der Waals surface area contributed by atoms with Crippen LogP contribution in [0.1, 0.15) is 0 Å². The summed E-state index contributed by atoms with van der Waals surface area (Å²) in [6.07, 6.45) is 0. The third-order valence-corrected chi connectivity index (χ3v) is 0. The molecule has 0 spiro atoms. The highest BCUT2D eigenvalue weighted by molar-refractivity contribution is 6.24. The molecular formula is H12B5NO19-14. The van der Waals surface area contributed by atoms with Crippen LogP contribution in [0.3, 0.4) is 0 Å². The molecule has 0 aromatic rings. The van der Waals surface area contributed by atoms with Crippen LogP contribution in [-0.4, -0.2) is 58.5 Å². The van der Waals surface area contributed by atoms with Crippen LogP contribution in [0.25, 0.3) is 0 Å². The fourth-order valence-electron chi connectivity index (χ4n) is 0. The molecule has 0 heterocycles. The van der Waals surface area contributed by atoms with E-state index < -0.39 is 36.6 Å². The molecule has 0 aliphatic carbocycles. The van der Waals surface area contributed by atoms with E-state index in [2.05, 4.69) is 0 Å². The summed E-state index contributed by atoms with van der Waals surface area (Å²) in [5.74, 6) is 0. The second-order valence-corrected chi connectivity index (χ2v) is 1.44. The first-order valence-electron chi connectivity index (χ1n) is 3.54. The van der Waals surface area contributed by atoms with Crippen molar-refractivity contribution in [2.75, 3.05) is 0 Å². The second-order valence-electron chi connectivity index (χ2n) is 1.44. The minimum absolute atomic E-state index is 0. The Morgan fingerprint density at radius 3 is 0.240 bits per heavy atom. The van der Waals surface area contributed by atoms with Gasteiger partial charge in [-0.2, -0.15) is 0 Å². The lowest BCUT2D eigenvalue weighted by Crippen LogP contribution is -2.56. The van der Waals surface area contributed by atoms with Gasteiger partial charge in [0.2, 0.25) is 0 Å². The van der Waals surface area contributed by atoms with Crippen LogP contribution in [-0.2, 0) is 0 Å². The standard InChI is InChI=1S/5BO3.H3N.4H2O/c5*2-1(3)4;;;;;/h;;;;;1H3;4*1H2/q5*-3;;;;;/p+1. The van der Waals surface area contributed by atoms with E-state index in [9.17, 15) is 0 Å². The summed E-state index contributed by atoms with van der Waals surface area (Å²) in [7, 11) is -14.6. The van der Waals surface area contributed by atoms with E-state index in [1.807, 2.05) is 0 Å². The number of rotatable bonds is 0. The predicted octanol–water partition coefficient (Wildman–Crippen LogP) is -22.7. The lowest BCUT2D eigenvalue weighted by atomic mass is 10.3. The molecule has 0 fully saturated rings. The van der Waals surface area contributed by atoms with Gasteiger partial charge in [0.1, 0.15) is 0 Å². The fourth-order valence-corrected chi connectivity index (χ4v) is 0. The molecule has 0 atom stereocenters. The normalized spacial score (nSPS) is 5.40. The maximum atomic E-state index is 8.42. The highest BCUT2D eigenvalue weighted by atomic mass is 16.5. The van der Waals surface area contributed by atoms with E-state index in [0.717, 1.165) is 0 Å². The van der Waals surface area contributed by atoms with Crippen molar-refractivity contribution in [3.05, 3.63) is 0 Å². The van der Waals surface area contributed by atoms with Crippen molar-refractivity contribution >= 4 is 36.6 Å². The number of hydrogen-bond acceptors (Lipinski definition) is 15. The molecule has 0 rings (SSSR count). The molecule has 0 unspecified atom stereocenters. The van der Waals surface area contributed by atoms with E-state index in [0.29, 0.717) is 0 Å². The SMILES string of the molecule is O.O.O.O.[NH4+].[O-]B([O-])[O-].[O-]B([O-])[O-].[O-]B([O-])[O-].[O-]B([O-])[O-].[O-]B([O-])[O-]. The molecule has 20 nitrogen and oxygen atoms in total. The number of hydrogen-bond donors (Lipinski definition) is 1. The number of quaternary nitrogens is 1. The Balaban J connectivity index is -0.0000000134. The first-order valence-corrected chi connectivity index (χ1v) is 3.54. The third kappa shape index (κ3) is 48200. The van der Waals surface area contributed by atoms with Crippen molar-refractivity contribution in [1.29, 1.82) is 0 Å². The van der Waals surface area contributed by atoms with Gasteiger partial charge in [0.25, 0.3) is 0 Å². The summed E-state index contributed by atoms with van der Waals surface area (Å²) in [5.41, 5.74) is 0. The smallest absolute Gasteiger partial charge is 0.278 e. The van der Waals surface area contributed by atoms with E-state index in [-0.39, 0.29) is 28.1 Å².